The molecule has 0 atom stereocenters. The van der Waals surface area contributed by atoms with Crippen LogP contribution in [0.1, 0.15) is 18.4 Å². The molecule has 26 heavy (non-hydrogen) atoms. The highest BCUT2D eigenvalue weighted by molar-refractivity contribution is 14.0. The number of nitrogens with zero attached hydrogens (tertiary/aromatic N) is 3. The van der Waals surface area contributed by atoms with Crippen LogP contribution in [0.25, 0.3) is 0 Å². The van der Waals surface area contributed by atoms with Gasteiger partial charge in [0.15, 0.2) is 5.96 Å². The summed E-state index contributed by atoms with van der Waals surface area (Å²) in [6.45, 7) is 7.39. The number of aliphatic imine (C=N–C) groups is 1. The van der Waals surface area contributed by atoms with Crippen molar-refractivity contribution in [3.8, 4) is 0 Å². The molecule has 2 rings (SSSR count). The van der Waals surface area contributed by atoms with Crippen LogP contribution >= 0.6 is 47.2 Å². The molecular weight excluding hydrogens is 484 g/mol. The standard InChI is InChI=1S/C18H29Cl2N5.HI/c1-21-18(23-14-15-5-6-16(19)13-17(15)20)22-7-3-9-25-10-4-8-24(2)11-12-25;/h5-6,13H,3-4,7-12,14H2,1-2H3,(H2,21,22,23);1H. The highest BCUT2D eigenvalue weighted by Crippen LogP contribution is 2.20. The Morgan fingerprint density at radius 1 is 1.15 bits per heavy atom. The zero-order valence-corrected chi connectivity index (χ0v) is 19.4. The van der Waals surface area contributed by atoms with Gasteiger partial charge in [-0.3, -0.25) is 4.99 Å². The third kappa shape index (κ3) is 8.61. The molecule has 0 spiro atoms. The van der Waals surface area contributed by atoms with E-state index in [4.69, 9.17) is 23.2 Å². The maximum atomic E-state index is 6.20. The number of rotatable bonds is 6. The Kier molecular flexibility index (Phi) is 11.9. The number of halogens is 3. The summed E-state index contributed by atoms with van der Waals surface area (Å²) in [7, 11) is 3.98. The summed E-state index contributed by atoms with van der Waals surface area (Å²) in [6.07, 6.45) is 2.36. The lowest BCUT2D eigenvalue weighted by atomic mass is 10.2. The SMILES string of the molecule is CN=C(NCCCN1CCCN(C)CC1)NCc1ccc(Cl)cc1Cl.I. The minimum atomic E-state index is 0. The van der Waals surface area contributed by atoms with Crippen LogP contribution in [0, 0.1) is 0 Å². The molecule has 0 saturated carbocycles. The van der Waals surface area contributed by atoms with Crippen molar-refractivity contribution in [2.24, 2.45) is 4.99 Å². The molecule has 0 unspecified atom stereocenters. The number of benzene rings is 1. The molecule has 1 aromatic rings. The van der Waals surface area contributed by atoms with Crippen LogP contribution < -0.4 is 10.6 Å². The van der Waals surface area contributed by atoms with E-state index < -0.39 is 0 Å². The van der Waals surface area contributed by atoms with Crippen LogP contribution in [0.4, 0.5) is 0 Å². The van der Waals surface area contributed by atoms with Gasteiger partial charge in [-0.2, -0.15) is 0 Å². The van der Waals surface area contributed by atoms with Gasteiger partial charge >= 0.3 is 0 Å². The molecule has 1 fully saturated rings. The average molecular weight is 514 g/mol. The Hall–Kier alpha value is -0.280. The first-order chi connectivity index (χ1) is 12.1. The zero-order chi connectivity index (χ0) is 18.1. The molecule has 5 nitrogen and oxygen atoms in total. The fraction of sp³-hybridized carbons (Fsp3) is 0.611. The number of guanidine groups is 1. The smallest absolute Gasteiger partial charge is 0.191 e. The van der Waals surface area contributed by atoms with Gasteiger partial charge < -0.3 is 20.4 Å². The molecule has 0 radical (unpaired) electrons. The summed E-state index contributed by atoms with van der Waals surface area (Å²) in [5.41, 5.74) is 1.00. The van der Waals surface area contributed by atoms with Crippen molar-refractivity contribution >= 4 is 53.1 Å². The molecule has 8 heteroatoms. The molecule has 1 heterocycles. The van der Waals surface area contributed by atoms with Crippen molar-refractivity contribution in [1.29, 1.82) is 0 Å². The van der Waals surface area contributed by atoms with E-state index in [-0.39, 0.29) is 24.0 Å². The Bertz CT molecular complexity index is 571. The van der Waals surface area contributed by atoms with Gasteiger partial charge in [-0.15, -0.1) is 24.0 Å². The molecule has 0 aromatic heterocycles. The van der Waals surface area contributed by atoms with E-state index in [1.807, 2.05) is 12.1 Å². The van der Waals surface area contributed by atoms with E-state index in [1.54, 1.807) is 13.1 Å². The first kappa shape index (κ1) is 23.8. The summed E-state index contributed by atoms with van der Waals surface area (Å²) >= 11 is 12.1. The lowest BCUT2D eigenvalue weighted by molar-refractivity contribution is 0.274. The van der Waals surface area contributed by atoms with Crippen molar-refractivity contribution in [1.82, 2.24) is 20.4 Å². The fourth-order valence-corrected chi connectivity index (χ4v) is 3.37. The van der Waals surface area contributed by atoms with Crippen LogP contribution in [-0.4, -0.2) is 69.1 Å². The zero-order valence-electron chi connectivity index (χ0n) is 15.6. The summed E-state index contributed by atoms with van der Waals surface area (Å²) < 4.78 is 0. The minimum Gasteiger partial charge on any atom is -0.356 e. The Labute approximate surface area is 184 Å². The normalized spacial score (nSPS) is 16.7. The van der Waals surface area contributed by atoms with Crippen molar-refractivity contribution in [2.45, 2.75) is 19.4 Å². The number of nitrogens with one attached hydrogen (secondary N) is 2. The number of hydrogen-bond donors (Lipinski definition) is 2. The van der Waals surface area contributed by atoms with E-state index >= 15 is 0 Å². The van der Waals surface area contributed by atoms with Crippen LogP contribution in [0.15, 0.2) is 23.2 Å². The van der Waals surface area contributed by atoms with Crippen molar-refractivity contribution < 1.29 is 0 Å². The molecule has 2 N–H and O–H groups in total. The molecular formula is C18H30Cl2IN5. The van der Waals surface area contributed by atoms with E-state index in [0.717, 1.165) is 31.0 Å². The first-order valence-electron chi connectivity index (χ1n) is 8.88. The van der Waals surface area contributed by atoms with Crippen LogP contribution in [0.2, 0.25) is 10.0 Å². The Morgan fingerprint density at radius 2 is 1.96 bits per heavy atom. The van der Waals surface area contributed by atoms with Gasteiger partial charge in [0.1, 0.15) is 0 Å². The van der Waals surface area contributed by atoms with Gasteiger partial charge in [-0.05, 0) is 57.2 Å². The molecule has 1 aromatic carbocycles. The summed E-state index contributed by atoms with van der Waals surface area (Å²) in [5.74, 6) is 0.793. The highest BCUT2D eigenvalue weighted by Gasteiger charge is 2.11. The summed E-state index contributed by atoms with van der Waals surface area (Å²) in [6, 6.07) is 5.54. The molecule has 0 bridgehead atoms. The third-order valence-corrected chi connectivity index (χ3v) is 5.03. The van der Waals surface area contributed by atoms with Gasteiger partial charge in [0.25, 0.3) is 0 Å². The van der Waals surface area contributed by atoms with Gasteiger partial charge in [0.05, 0.1) is 0 Å². The first-order valence-corrected chi connectivity index (χ1v) is 9.63. The number of hydrogen-bond acceptors (Lipinski definition) is 3. The Morgan fingerprint density at radius 3 is 2.69 bits per heavy atom. The monoisotopic (exact) mass is 513 g/mol. The van der Waals surface area contributed by atoms with Gasteiger partial charge in [-0.1, -0.05) is 29.3 Å². The molecule has 148 valence electrons. The average Bonchev–Trinajstić information content (AvgIpc) is 2.80. The molecule has 0 aliphatic carbocycles. The van der Waals surface area contributed by atoms with E-state index in [9.17, 15) is 0 Å². The maximum absolute atomic E-state index is 6.20. The highest BCUT2D eigenvalue weighted by atomic mass is 127. The van der Waals surface area contributed by atoms with Crippen molar-refractivity contribution in [3.63, 3.8) is 0 Å². The van der Waals surface area contributed by atoms with Gasteiger partial charge in [0, 0.05) is 43.3 Å². The topological polar surface area (TPSA) is 42.9 Å². The third-order valence-electron chi connectivity index (χ3n) is 4.44. The predicted octanol–water partition coefficient (Wildman–Crippen LogP) is 3.30. The van der Waals surface area contributed by atoms with Gasteiger partial charge in [0.2, 0.25) is 0 Å². The second-order valence-electron chi connectivity index (χ2n) is 6.44. The molecule has 1 saturated heterocycles. The van der Waals surface area contributed by atoms with E-state index in [0.29, 0.717) is 16.6 Å². The second kappa shape index (κ2) is 13.0. The quantitative estimate of drug-likeness (QED) is 0.265. The van der Waals surface area contributed by atoms with E-state index in [2.05, 4.69) is 32.5 Å². The van der Waals surface area contributed by atoms with Crippen molar-refractivity contribution in [3.05, 3.63) is 33.8 Å². The minimum absolute atomic E-state index is 0. The Balaban J connectivity index is 0.00000338. The maximum Gasteiger partial charge on any atom is 0.191 e. The lowest BCUT2D eigenvalue weighted by Gasteiger charge is -2.20. The fourth-order valence-electron chi connectivity index (χ4n) is 2.90. The summed E-state index contributed by atoms with van der Waals surface area (Å²) in [4.78, 5) is 9.22. The molecule has 1 aliphatic rings. The molecule has 1 aliphatic heterocycles. The predicted molar refractivity (Wildman–Crippen MR) is 123 cm³/mol. The molecule has 0 amide bonds. The van der Waals surface area contributed by atoms with E-state index in [1.165, 1.54) is 32.6 Å². The van der Waals surface area contributed by atoms with Crippen LogP contribution in [0.3, 0.4) is 0 Å². The van der Waals surface area contributed by atoms with Gasteiger partial charge in [-0.25, -0.2) is 0 Å². The largest absolute Gasteiger partial charge is 0.356 e. The number of likely N-dealkylation sites (N-methyl/N-ethyl adjacent to an activating group) is 1. The van der Waals surface area contributed by atoms with Crippen molar-refractivity contribution in [2.75, 3.05) is 53.4 Å². The summed E-state index contributed by atoms with van der Waals surface area (Å²) in [5, 5.41) is 7.98. The lowest BCUT2D eigenvalue weighted by Crippen LogP contribution is -2.38. The van der Waals surface area contributed by atoms with Crippen LogP contribution in [0.5, 0.6) is 0 Å². The van der Waals surface area contributed by atoms with Crippen LogP contribution in [-0.2, 0) is 6.54 Å². The second-order valence-corrected chi connectivity index (χ2v) is 7.28.